The molecule has 5 aromatic carbocycles. The standard InChI is InChI=1S/C23H23F3N2O2S.C16H15BrF3NO2S.C8H9Br.C2H6.B2H4O4/c1-4-16-15-27-13-12-19(16)17-8-7-9-18(14-17)22(2,3)28-31(29,30)21-11-6-5-10-20(21)23(24,25)26;1-15(2,11-6-5-7-12(17)10-11)21-24(22,23)14-9-4-3-8-13(14)16(18,19)20;1-2-7-5-3-4-6-8(7)9;1-2;3-1(4)2(5)6/h5-15,28H,4H2,1-3H3;3-10,21H,1-2H3;3-6H,2H2,1H3;1-2H3;3-6H. The maximum absolute atomic E-state index is 13.3. The number of hydrogen-bond donors (Lipinski definition) is 6. The van der Waals surface area contributed by atoms with Gasteiger partial charge in [-0.15, -0.1) is 0 Å². The van der Waals surface area contributed by atoms with Gasteiger partial charge in [0, 0.05) is 21.3 Å². The third-order valence-electron chi connectivity index (χ3n) is 10.1. The van der Waals surface area contributed by atoms with E-state index in [9.17, 15) is 43.2 Å². The van der Waals surface area contributed by atoms with E-state index in [1.165, 1.54) is 22.2 Å². The molecule has 0 atom stereocenters. The lowest BCUT2D eigenvalue weighted by atomic mass is 9.50. The second-order valence-electron chi connectivity index (χ2n) is 16.2. The Morgan fingerprint density at radius 1 is 0.556 bits per heavy atom. The van der Waals surface area contributed by atoms with Gasteiger partial charge in [0.1, 0.15) is 0 Å². The van der Waals surface area contributed by atoms with E-state index in [1.807, 2.05) is 45.0 Å². The zero-order chi connectivity index (χ0) is 54.9. The summed E-state index contributed by atoms with van der Waals surface area (Å²) >= 11 is 6.75. The number of aromatic nitrogens is 1. The van der Waals surface area contributed by atoms with Crippen LogP contribution in [-0.4, -0.2) is 55.9 Å². The first kappa shape index (κ1) is 63.7. The smallest absolute Gasteiger partial charge is 0.429 e. The highest BCUT2D eigenvalue weighted by Crippen LogP contribution is 2.37. The fourth-order valence-electron chi connectivity index (χ4n) is 6.50. The highest BCUT2D eigenvalue weighted by molar-refractivity contribution is 9.10. The Morgan fingerprint density at radius 2 is 0.972 bits per heavy atom. The summed E-state index contributed by atoms with van der Waals surface area (Å²) in [6.45, 7) is 14.6. The van der Waals surface area contributed by atoms with E-state index in [-0.39, 0.29) is 0 Å². The van der Waals surface area contributed by atoms with Gasteiger partial charge in [0.25, 0.3) is 0 Å². The minimum atomic E-state index is -4.78. The van der Waals surface area contributed by atoms with Crippen LogP contribution in [0.3, 0.4) is 0 Å². The van der Waals surface area contributed by atoms with Crippen LogP contribution in [0.25, 0.3) is 11.1 Å². The lowest BCUT2D eigenvalue weighted by Crippen LogP contribution is -2.41. The molecule has 0 amide bonds. The Hall–Kier alpha value is -4.42. The van der Waals surface area contributed by atoms with Crippen LogP contribution in [0.5, 0.6) is 0 Å². The monoisotopic (exact) mass is 1170 g/mol. The van der Waals surface area contributed by atoms with Gasteiger partial charge in [-0.2, -0.15) is 26.3 Å². The van der Waals surface area contributed by atoms with Crippen LogP contribution < -0.4 is 9.44 Å². The van der Waals surface area contributed by atoms with Crippen molar-refractivity contribution in [3.63, 3.8) is 0 Å². The molecule has 6 N–H and O–H groups in total. The van der Waals surface area contributed by atoms with Gasteiger partial charge < -0.3 is 20.1 Å². The van der Waals surface area contributed by atoms with E-state index in [0.717, 1.165) is 70.4 Å². The molecule has 390 valence electrons. The summed E-state index contributed by atoms with van der Waals surface area (Å²) in [5.74, 6) is 0. The van der Waals surface area contributed by atoms with Gasteiger partial charge in [-0.1, -0.05) is 132 Å². The first-order valence-corrected chi connectivity index (χ1v) is 26.6. The van der Waals surface area contributed by atoms with Crippen LogP contribution in [0.2, 0.25) is 0 Å². The Balaban J connectivity index is 0.000000379. The summed E-state index contributed by atoms with van der Waals surface area (Å²) in [5, 5.41) is 30.7. The van der Waals surface area contributed by atoms with Crippen LogP contribution in [0.1, 0.15) is 88.8 Å². The van der Waals surface area contributed by atoms with Gasteiger partial charge in [0.15, 0.2) is 0 Å². The zero-order valence-corrected chi connectivity index (χ0v) is 45.4. The molecule has 72 heavy (non-hydrogen) atoms. The molecule has 0 fully saturated rings. The Labute approximate surface area is 435 Å². The van der Waals surface area contributed by atoms with E-state index < -0.39 is 78.4 Å². The van der Waals surface area contributed by atoms with Crippen LogP contribution in [-0.2, 0) is 56.3 Å². The number of nitrogens with zero attached hydrogens (tertiary/aromatic N) is 1. The Morgan fingerprint density at radius 3 is 1.38 bits per heavy atom. The van der Waals surface area contributed by atoms with Gasteiger partial charge in [0.2, 0.25) is 20.0 Å². The van der Waals surface area contributed by atoms with Crippen molar-refractivity contribution in [3.8, 4) is 11.1 Å². The van der Waals surface area contributed by atoms with Crippen molar-refractivity contribution in [2.75, 3.05) is 0 Å². The number of rotatable bonds is 12. The molecule has 0 bridgehead atoms. The summed E-state index contributed by atoms with van der Waals surface area (Å²) in [4.78, 5) is 2.55. The van der Waals surface area contributed by atoms with Crippen molar-refractivity contribution >= 4 is 65.9 Å². The maximum Gasteiger partial charge on any atom is 0.482 e. The van der Waals surface area contributed by atoms with Gasteiger partial charge in [0.05, 0.1) is 32.0 Å². The van der Waals surface area contributed by atoms with Crippen molar-refractivity contribution in [3.05, 3.63) is 182 Å². The summed E-state index contributed by atoms with van der Waals surface area (Å²) in [7, 11) is -12.9. The molecular formula is C49H57B2Br2F6N3O8S2. The first-order valence-electron chi connectivity index (χ1n) is 22.0. The molecule has 1 heterocycles. The van der Waals surface area contributed by atoms with E-state index in [4.69, 9.17) is 20.1 Å². The van der Waals surface area contributed by atoms with Gasteiger partial charge in [-0.25, -0.2) is 26.3 Å². The van der Waals surface area contributed by atoms with E-state index in [2.05, 4.69) is 71.4 Å². The summed E-state index contributed by atoms with van der Waals surface area (Å²) in [6, 6.07) is 32.6. The third kappa shape index (κ3) is 19.1. The largest absolute Gasteiger partial charge is 0.482 e. The van der Waals surface area contributed by atoms with Crippen LogP contribution in [0, 0.1) is 0 Å². The van der Waals surface area contributed by atoms with Crippen molar-refractivity contribution in [1.82, 2.24) is 14.4 Å². The highest BCUT2D eigenvalue weighted by atomic mass is 79.9. The van der Waals surface area contributed by atoms with Crippen molar-refractivity contribution in [2.24, 2.45) is 0 Å². The molecular weight excluding hydrogens is 1120 g/mol. The molecule has 0 aliphatic rings. The van der Waals surface area contributed by atoms with Crippen LogP contribution in [0.4, 0.5) is 26.3 Å². The number of aryl methyl sites for hydroxylation is 2. The first-order chi connectivity index (χ1) is 33.4. The molecule has 6 rings (SSSR count). The number of nitrogens with one attached hydrogen (secondary N) is 2. The SMILES string of the molecule is CC.CC(C)(NS(=O)(=O)c1ccccc1C(F)(F)F)c1cccc(Br)c1.CCc1ccccc1Br.CCc1cnccc1-c1cccc(C(C)(C)NS(=O)(=O)c2ccccc2C(F)(F)F)c1.OB(O)B(O)O. The van der Waals surface area contributed by atoms with E-state index in [1.54, 1.807) is 76.5 Å². The summed E-state index contributed by atoms with van der Waals surface area (Å²) in [6.07, 6.45) is -4.20. The third-order valence-corrected chi connectivity index (χ3v) is 14.8. The lowest BCUT2D eigenvalue weighted by molar-refractivity contribution is -0.140. The number of benzene rings is 5. The topological polar surface area (TPSA) is 186 Å². The molecule has 0 spiro atoms. The minimum absolute atomic E-state index is 0.616. The van der Waals surface area contributed by atoms with E-state index >= 15 is 0 Å². The summed E-state index contributed by atoms with van der Waals surface area (Å²) < 4.78 is 137. The number of halogens is 8. The van der Waals surface area contributed by atoms with Gasteiger partial charge >= 0.3 is 26.4 Å². The predicted octanol–water partition coefficient (Wildman–Crippen LogP) is 11.3. The van der Waals surface area contributed by atoms with Crippen molar-refractivity contribution in [2.45, 2.75) is 101 Å². The average molecular weight is 1180 g/mol. The number of sulfonamides is 2. The van der Waals surface area contributed by atoms with Crippen molar-refractivity contribution in [1.29, 1.82) is 0 Å². The average Bonchev–Trinajstić information content (AvgIpc) is 3.32. The number of pyridine rings is 1. The maximum atomic E-state index is 13.3. The van der Waals surface area contributed by atoms with Crippen LogP contribution in [0.15, 0.2) is 159 Å². The second kappa shape index (κ2) is 27.8. The van der Waals surface area contributed by atoms with Crippen LogP contribution >= 0.6 is 31.9 Å². The molecule has 0 saturated heterocycles. The Kier molecular flexibility index (Phi) is 24.5. The second-order valence-corrected chi connectivity index (χ2v) is 21.3. The Bertz CT molecular complexity index is 2890. The molecule has 11 nitrogen and oxygen atoms in total. The van der Waals surface area contributed by atoms with Crippen molar-refractivity contribution < 1.29 is 63.3 Å². The zero-order valence-electron chi connectivity index (χ0n) is 40.6. The molecule has 0 aliphatic heterocycles. The molecule has 0 unspecified atom stereocenters. The molecule has 0 saturated carbocycles. The molecule has 0 aliphatic carbocycles. The number of alkyl halides is 6. The molecule has 1 aromatic heterocycles. The predicted molar refractivity (Wildman–Crippen MR) is 278 cm³/mol. The quantitative estimate of drug-likeness (QED) is 0.0512. The highest BCUT2D eigenvalue weighted by Gasteiger charge is 2.40. The fourth-order valence-corrected chi connectivity index (χ4v) is 10.7. The lowest BCUT2D eigenvalue weighted by Gasteiger charge is -2.28. The summed E-state index contributed by atoms with van der Waals surface area (Å²) in [5.41, 5.74) is 0.851. The fraction of sp³-hybridized carbons (Fsp3) is 0.286. The minimum Gasteiger partial charge on any atom is -0.429 e. The van der Waals surface area contributed by atoms with E-state index in [0.29, 0.717) is 11.1 Å². The molecule has 0 radical (unpaired) electrons. The normalized spacial score (nSPS) is 11.8. The molecule has 6 aromatic rings. The number of hydrogen-bond acceptors (Lipinski definition) is 9. The molecule has 23 heteroatoms. The van der Waals surface area contributed by atoms with Gasteiger partial charge in [-0.3, -0.25) is 4.98 Å². The van der Waals surface area contributed by atoms with Gasteiger partial charge in [-0.05, 0) is 129 Å².